The quantitative estimate of drug-likeness (QED) is 0.846. The van der Waals surface area contributed by atoms with E-state index in [4.69, 9.17) is 10.2 Å². The largest absolute Gasteiger partial charge is 0.411 e. The lowest BCUT2D eigenvalue weighted by Gasteiger charge is -2.08. The molecule has 0 fully saturated rings. The van der Waals surface area contributed by atoms with Crippen LogP contribution >= 0.6 is 12.4 Å². The van der Waals surface area contributed by atoms with Gasteiger partial charge in [0.2, 0.25) is 15.7 Å². The molecule has 0 saturated heterocycles. The number of nitrogens with zero attached hydrogens (tertiary/aromatic N) is 2. The van der Waals surface area contributed by atoms with Crippen LogP contribution in [0.15, 0.2) is 33.9 Å². The maximum atomic E-state index is 13.1. The average molecular weight is 364 g/mol. The fourth-order valence-corrected chi connectivity index (χ4v) is 3.13. The van der Waals surface area contributed by atoms with Crippen LogP contribution in [0.1, 0.15) is 37.8 Å². The summed E-state index contributed by atoms with van der Waals surface area (Å²) in [5, 5.41) is 6.76. The Hall–Kier alpha value is -1.51. The Balaban J connectivity index is 0.00000264. The highest BCUT2D eigenvalue weighted by molar-refractivity contribution is 7.90. The molecule has 0 aliphatic heterocycles. The van der Waals surface area contributed by atoms with Crippen LogP contribution < -0.4 is 5.73 Å². The zero-order chi connectivity index (χ0) is 16.3. The lowest BCUT2D eigenvalue weighted by Crippen LogP contribution is -2.13. The molecule has 6 nitrogen and oxygen atoms in total. The molecular weight excluding hydrogens is 345 g/mol. The van der Waals surface area contributed by atoms with E-state index < -0.39 is 32.7 Å². The van der Waals surface area contributed by atoms with Gasteiger partial charge in [-0.25, -0.2) is 12.8 Å². The van der Waals surface area contributed by atoms with Gasteiger partial charge in [-0.05, 0) is 30.0 Å². The minimum absolute atomic E-state index is 0. The second-order valence-electron chi connectivity index (χ2n) is 5.53. The first-order chi connectivity index (χ1) is 10.3. The van der Waals surface area contributed by atoms with Gasteiger partial charge in [0.25, 0.3) is 0 Å². The van der Waals surface area contributed by atoms with E-state index in [2.05, 4.69) is 10.2 Å². The SMILES string of the molecule is CC(C)C[C@H](N)c1nnc(S(=O)(=O)Cc2cccc(F)c2)o1.Cl. The Morgan fingerprint density at radius 1 is 1.30 bits per heavy atom. The zero-order valence-corrected chi connectivity index (χ0v) is 14.4. The molecule has 1 heterocycles. The van der Waals surface area contributed by atoms with Crippen molar-refractivity contribution in [1.29, 1.82) is 0 Å². The number of benzene rings is 1. The fourth-order valence-electron chi connectivity index (χ4n) is 2.01. The third-order valence-corrected chi connectivity index (χ3v) is 4.39. The molecule has 128 valence electrons. The van der Waals surface area contributed by atoms with Gasteiger partial charge >= 0.3 is 5.22 Å². The summed E-state index contributed by atoms with van der Waals surface area (Å²) in [7, 11) is -3.83. The first-order valence-corrected chi connectivity index (χ1v) is 8.49. The highest BCUT2D eigenvalue weighted by Gasteiger charge is 2.25. The van der Waals surface area contributed by atoms with Crippen molar-refractivity contribution in [3.8, 4) is 0 Å². The summed E-state index contributed by atoms with van der Waals surface area (Å²) in [5.41, 5.74) is 6.20. The molecule has 23 heavy (non-hydrogen) atoms. The second kappa shape index (κ2) is 7.85. The van der Waals surface area contributed by atoms with E-state index >= 15 is 0 Å². The van der Waals surface area contributed by atoms with Crippen molar-refractivity contribution < 1.29 is 17.2 Å². The number of halogens is 2. The van der Waals surface area contributed by atoms with E-state index in [9.17, 15) is 12.8 Å². The van der Waals surface area contributed by atoms with Gasteiger partial charge in [-0.3, -0.25) is 0 Å². The average Bonchev–Trinajstić information content (AvgIpc) is 2.87. The lowest BCUT2D eigenvalue weighted by atomic mass is 10.1. The maximum Gasteiger partial charge on any atom is 0.335 e. The first-order valence-electron chi connectivity index (χ1n) is 6.84. The molecule has 0 bridgehead atoms. The zero-order valence-electron chi connectivity index (χ0n) is 12.8. The van der Waals surface area contributed by atoms with E-state index in [1.165, 1.54) is 18.2 Å². The molecule has 1 aromatic heterocycles. The first kappa shape index (κ1) is 19.5. The Morgan fingerprint density at radius 3 is 2.61 bits per heavy atom. The number of nitrogens with two attached hydrogens (primary N) is 1. The van der Waals surface area contributed by atoms with Crippen LogP contribution in [0.3, 0.4) is 0 Å². The van der Waals surface area contributed by atoms with Crippen molar-refractivity contribution in [2.75, 3.05) is 0 Å². The highest BCUT2D eigenvalue weighted by atomic mass is 35.5. The Kier molecular flexibility index (Phi) is 6.67. The van der Waals surface area contributed by atoms with Gasteiger partial charge in [0, 0.05) is 0 Å². The maximum absolute atomic E-state index is 13.1. The monoisotopic (exact) mass is 363 g/mol. The molecule has 2 rings (SSSR count). The summed E-state index contributed by atoms with van der Waals surface area (Å²) in [5.74, 6) is -0.509. The number of hydrogen-bond donors (Lipinski definition) is 1. The summed E-state index contributed by atoms with van der Waals surface area (Å²) in [4.78, 5) is 0. The third-order valence-electron chi connectivity index (χ3n) is 2.98. The Bertz CT molecular complexity index is 749. The summed E-state index contributed by atoms with van der Waals surface area (Å²) in [6, 6.07) is 4.84. The predicted octanol–water partition coefficient (Wildman–Crippen LogP) is 2.65. The van der Waals surface area contributed by atoms with Crippen LogP contribution in [-0.2, 0) is 15.6 Å². The normalized spacial score (nSPS) is 12.9. The highest BCUT2D eigenvalue weighted by Crippen LogP contribution is 2.21. The molecule has 1 aromatic carbocycles. The molecule has 2 aromatic rings. The van der Waals surface area contributed by atoms with Gasteiger partial charge < -0.3 is 10.2 Å². The molecular formula is C14H19ClFN3O3S. The molecule has 0 spiro atoms. The second-order valence-corrected chi connectivity index (χ2v) is 7.40. The molecule has 9 heteroatoms. The van der Waals surface area contributed by atoms with Crippen molar-refractivity contribution in [3.63, 3.8) is 0 Å². The number of aromatic nitrogens is 2. The number of rotatable bonds is 6. The van der Waals surface area contributed by atoms with Gasteiger partial charge in [0.15, 0.2) is 0 Å². The summed E-state index contributed by atoms with van der Waals surface area (Å²) >= 11 is 0. The van der Waals surface area contributed by atoms with E-state index in [-0.39, 0.29) is 18.3 Å². The fraction of sp³-hybridized carbons (Fsp3) is 0.429. The molecule has 2 N–H and O–H groups in total. The summed E-state index contributed by atoms with van der Waals surface area (Å²) in [6.45, 7) is 3.97. The Labute approximate surface area is 140 Å². The van der Waals surface area contributed by atoms with Gasteiger partial charge in [-0.2, -0.15) is 0 Å². The predicted molar refractivity (Wildman–Crippen MR) is 85.2 cm³/mol. The van der Waals surface area contributed by atoms with Gasteiger partial charge in [-0.1, -0.05) is 31.1 Å². The van der Waals surface area contributed by atoms with Crippen molar-refractivity contribution in [2.24, 2.45) is 11.7 Å². The van der Waals surface area contributed by atoms with Crippen LogP contribution in [0.25, 0.3) is 0 Å². The van der Waals surface area contributed by atoms with Crippen molar-refractivity contribution in [1.82, 2.24) is 10.2 Å². The van der Waals surface area contributed by atoms with Crippen molar-refractivity contribution in [3.05, 3.63) is 41.5 Å². The van der Waals surface area contributed by atoms with Gasteiger partial charge in [0.05, 0.1) is 11.8 Å². The molecule has 0 unspecified atom stereocenters. The summed E-state index contributed by atoms with van der Waals surface area (Å²) in [6.07, 6.45) is 0.603. The molecule has 0 aliphatic carbocycles. The summed E-state index contributed by atoms with van der Waals surface area (Å²) < 4.78 is 42.7. The van der Waals surface area contributed by atoms with Crippen LogP contribution in [-0.4, -0.2) is 18.6 Å². The van der Waals surface area contributed by atoms with Crippen molar-refractivity contribution in [2.45, 2.75) is 37.3 Å². The van der Waals surface area contributed by atoms with Crippen LogP contribution in [0.4, 0.5) is 4.39 Å². The van der Waals surface area contributed by atoms with Gasteiger partial charge in [0.1, 0.15) is 5.82 Å². The molecule has 0 radical (unpaired) electrons. The van der Waals surface area contributed by atoms with Crippen LogP contribution in [0.5, 0.6) is 0 Å². The van der Waals surface area contributed by atoms with E-state index in [0.29, 0.717) is 17.9 Å². The molecule has 1 atom stereocenters. The smallest absolute Gasteiger partial charge is 0.335 e. The number of hydrogen-bond acceptors (Lipinski definition) is 6. The molecule has 0 saturated carbocycles. The minimum atomic E-state index is -3.83. The standard InChI is InChI=1S/C14H18FN3O3S.ClH/c1-9(2)6-12(16)13-17-18-14(21-13)22(19,20)8-10-4-3-5-11(15)7-10;/h3-5,7,9,12H,6,8,16H2,1-2H3;1H/t12-;/m0./s1. The molecule has 0 amide bonds. The van der Waals surface area contributed by atoms with E-state index in [1.807, 2.05) is 13.8 Å². The van der Waals surface area contributed by atoms with Crippen LogP contribution in [0, 0.1) is 11.7 Å². The minimum Gasteiger partial charge on any atom is -0.411 e. The topological polar surface area (TPSA) is 99.1 Å². The molecule has 0 aliphatic rings. The van der Waals surface area contributed by atoms with Crippen LogP contribution in [0.2, 0.25) is 0 Å². The number of sulfone groups is 1. The van der Waals surface area contributed by atoms with E-state index in [0.717, 1.165) is 6.07 Å². The lowest BCUT2D eigenvalue weighted by molar-refractivity contribution is 0.352. The van der Waals surface area contributed by atoms with E-state index in [1.54, 1.807) is 0 Å². The Morgan fingerprint density at radius 2 is 2.00 bits per heavy atom. The van der Waals surface area contributed by atoms with Gasteiger partial charge in [-0.15, -0.1) is 17.5 Å². The van der Waals surface area contributed by atoms with Crippen molar-refractivity contribution >= 4 is 22.2 Å². The third kappa shape index (κ3) is 5.26.